The van der Waals surface area contributed by atoms with E-state index in [0.29, 0.717) is 29.0 Å². The van der Waals surface area contributed by atoms with Gasteiger partial charge < -0.3 is 24.2 Å². The molecule has 6 aliphatic rings. The van der Waals surface area contributed by atoms with Crippen molar-refractivity contribution in [2.75, 3.05) is 45.9 Å². The van der Waals surface area contributed by atoms with Crippen molar-refractivity contribution in [1.29, 1.82) is 0 Å². The van der Waals surface area contributed by atoms with Crippen LogP contribution in [-0.2, 0) is 14.9 Å². The Labute approximate surface area is 181 Å². The third kappa shape index (κ3) is 1.77. The quantitative estimate of drug-likeness (QED) is 0.576. The number of quaternary nitrogens is 1. The molecule has 3 saturated heterocycles. The van der Waals surface area contributed by atoms with Gasteiger partial charge in [-0.05, 0) is 17.2 Å². The van der Waals surface area contributed by atoms with Crippen molar-refractivity contribution in [2.24, 2.45) is 11.8 Å². The van der Waals surface area contributed by atoms with Gasteiger partial charge in [0.25, 0.3) is 0 Å². The van der Waals surface area contributed by atoms with Crippen LogP contribution in [0.15, 0.2) is 23.8 Å². The summed E-state index contributed by atoms with van der Waals surface area (Å²) in [4.78, 5) is 15.6. The Bertz CT molecular complexity index is 1070. The third-order valence-electron chi connectivity index (χ3n) is 9.70. The van der Waals surface area contributed by atoms with Crippen molar-refractivity contribution in [1.82, 2.24) is 0 Å². The lowest BCUT2D eigenvalue weighted by Gasteiger charge is -2.63. The molecule has 7 heteroatoms. The lowest BCUT2D eigenvalue weighted by molar-refractivity contribution is -0.976. The minimum atomic E-state index is -0.925. The van der Waals surface area contributed by atoms with E-state index in [2.05, 4.69) is 13.1 Å². The molecule has 1 N–H and O–H groups in total. The summed E-state index contributed by atoms with van der Waals surface area (Å²) in [5, 5.41) is 12.6. The summed E-state index contributed by atoms with van der Waals surface area (Å²) in [6.45, 7) is 2.32. The zero-order valence-electron chi connectivity index (χ0n) is 18.3. The predicted molar refractivity (Wildman–Crippen MR) is 112 cm³/mol. The number of carbonyl (C=O) groups excluding carboxylic acids is 1. The van der Waals surface area contributed by atoms with Crippen LogP contribution in [0.5, 0.6) is 11.5 Å². The maximum absolute atomic E-state index is 13.6. The molecule has 5 heterocycles. The summed E-state index contributed by atoms with van der Waals surface area (Å²) in [5.41, 5.74) is 1.89. The van der Waals surface area contributed by atoms with E-state index >= 15 is 0 Å². The number of aliphatic hydroxyl groups is 1. The molecule has 2 bridgehead atoms. The summed E-state index contributed by atoms with van der Waals surface area (Å²) in [5.74, 6) is 1.82. The number of carbonyl (C=O) groups is 1. The van der Waals surface area contributed by atoms with Crippen LogP contribution < -0.4 is 14.4 Å². The van der Waals surface area contributed by atoms with Crippen LogP contribution in [0.1, 0.15) is 24.8 Å². The van der Waals surface area contributed by atoms with E-state index in [-0.39, 0.29) is 29.9 Å². The fraction of sp³-hybridized carbons (Fsp3) is 0.625. The van der Waals surface area contributed by atoms with Crippen LogP contribution in [0.4, 0.5) is 5.69 Å². The largest absolute Gasteiger partial charge is 0.493 e. The van der Waals surface area contributed by atoms with Crippen LogP contribution >= 0.6 is 0 Å². The molecule has 1 aliphatic carbocycles. The second-order valence-corrected chi connectivity index (χ2v) is 10.5. The summed E-state index contributed by atoms with van der Waals surface area (Å²) < 4.78 is 18.2. The summed E-state index contributed by atoms with van der Waals surface area (Å²) >= 11 is 0. The molecule has 1 aromatic carbocycles. The van der Waals surface area contributed by atoms with Crippen LogP contribution in [-0.4, -0.2) is 74.3 Å². The van der Waals surface area contributed by atoms with Crippen LogP contribution in [0, 0.1) is 11.8 Å². The summed E-state index contributed by atoms with van der Waals surface area (Å²) in [7, 11) is 5.46. The lowest BCUT2D eigenvalue weighted by Crippen LogP contribution is -2.78. The van der Waals surface area contributed by atoms with Crippen molar-refractivity contribution in [3.8, 4) is 11.5 Å². The molecule has 0 aromatic heterocycles. The first-order valence-electron chi connectivity index (χ1n) is 11.3. The normalized spacial score (nSPS) is 45.7. The number of anilines is 1. The molecule has 0 radical (unpaired) electrons. The Kier molecular flexibility index (Phi) is 3.25. The molecule has 1 saturated carbocycles. The van der Waals surface area contributed by atoms with Gasteiger partial charge in [0.1, 0.15) is 12.0 Å². The zero-order chi connectivity index (χ0) is 21.3. The minimum Gasteiger partial charge on any atom is -0.493 e. The van der Waals surface area contributed by atoms with Crippen molar-refractivity contribution in [3.05, 3.63) is 29.3 Å². The second-order valence-electron chi connectivity index (χ2n) is 10.5. The molecule has 0 unspecified atom stereocenters. The molecule has 7 rings (SSSR count). The number of amides is 1. The van der Waals surface area contributed by atoms with Gasteiger partial charge in [-0.2, -0.15) is 0 Å². The monoisotopic (exact) mass is 425 g/mol. The van der Waals surface area contributed by atoms with Gasteiger partial charge in [0, 0.05) is 30.7 Å². The standard InChI is InChI=1S/C24H29N2O5/c1-26-6-5-23-15-8-17(29-2)18(30-3)9-16(15)25-20(27)10-19-21(22(23)25)14(11-24(23,26)28)13(12-26)4-7-31-19/h4,8-9,14,19,21-22,28H,5-7,10-12H2,1-3H3/q+1/t14-,19-,21-,22-,23-,24+,26-/m1/s1. The highest BCUT2D eigenvalue weighted by Gasteiger charge is 2.82. The van der Waals surface area contributed by atoms with E-state index in [1.807, 2.05) is 17.0 Å². The lowest BCUT2D eigenvalue weighted by atomic mass is 9.51. The number of rotatable bonds is 2. The van der Waals surface area contributed by atoms with Gasteiger partial charge >= 0.3 is 0 Å². The molecular weight excluding hydrogens is 396 g/mol. The van der Waals surface area contributed by atoms with E-state index in [1.165, 1.54) is 5.57 Å². The Hall–Kier alpha value is -2.09. The Morgan fingerprint density at radius 3 is 2.81 bits per heavy atom. The first-order chi connectivity index (χ1) is 14.9. The number of likely N-dealkylation sites (N-methyl/N-ethyl adjacent to an activating group) is 1. The molecule has 164 valence electrons. The highest BCUT2D eigenvalue weighted by Crippen LogP contribution is 2.71. The molecule has 7 atom stereocenters. The number of ether oxygens (including phenoxy) is 3. The molecule has 1 aromatic rings. The molecule has 31 heavy (non-hydrogen) atoms. The predicted octanol–water partition coefficient (Wildman–Crippen LogP) is 1.57. The number of methoxy groups -OCH3 is 2. The number of hydrogen-bond donors (Lipinski definition) is 1. The van der Waals surface area contributed by atoms with Crippen molar-refractivity contribution >= 4 is 11.6 Å². The molecule has 5 aliphatic heterocycles. The number of fused-ring (bicyclic) bond motifs is 2. The first kappa shape index (κ1) is 18.5. The van der Waals surface area contributed by atoms with E-state index < -0.39 is 11.1 Å². The van der Waals surface area contributed by atoms with Gasteiger partial charge in [0.05, 0.1) is 58.7 Å². The minimum absolute atomic E-state index is 0.0877. The van der Waals surface area contributed by atoms with E-state index in [4.69, 9.17) is 14.2 Å². The average molecular weight is 426 g/mol. The number of hydrogen-bond acceptors (Lipinski definition) is 5. The maximum atomic E-state index is 13.6. The van der Waals surface area contributed by atoms with Crippen molar-refractivity contribution in [2.45, 2.75) is 42.5 Å². The van der Waals surface area contributed by atoms with Crippen molar-refractivity contribution < 1.29 is 28.6 Å². The highest BCUT2D eigenvalue weighted by molar-refractivity contribution is 5.99. The average Bonchev–Trinajstić information content (AvgIpc) is 3.12. The fourth-order valence-corrected chi connectivity index (χ4v) is 8.48. The second kappa shape index (κ2) is 5.45. The molecule has 4 fully saturated rings. The van der Waals surface area contributed by atoms with Gasteiger partial charge in [-0.3, -0.25) is 9.28 Å². The molecule has 1 spiro atoms. The molecule has 1 amide bonds. The number of piperidine rings is 2. The Balaban J connectivity index is 1.57. The highest BCUT2D eigenvalue weighted by atomic mass is 16.5. The van der Waals surface area contributed by atoms with Gasteiger partial charge in [-0.1, -0.05) is 6.08 Å². The van der Waals surface area contributed by atoms with Gasteiger partial charge in [0.2, 0.25) is 11.6 Å². The molecule has 7 nitrogen and oxygen atoms in total. The zero-order valence-corrected chi connectivity index (χ0v) is 18.3. The van der Waals surface area contributed by atoms with Gasteiger partial charge in [0.15, 0.2) is 11.5 Å². The third-order valence-corrected chi connectivity index (χ3v) is 9.70. The first-order valence-corrected chi connectivity index (χ1v) is 11.3. The smallest absolute Gasteiger partial charge is 0.229 e. The SMILES string of the molecule is COc1cc2c(cc1OC)[C@]13CC[N@+]4(C)CC5=CCO[C@@H]6CC(=O)N2[C@@H]1[C@@H]6[C@@H]5C[C@]34O. The Morgan fingerprint density at radius 2 is 2.03 bits per heavy atom. The maximum Gasteiger partial charge on any atom is 0.229 e. The van der Waals surface area contributed by atoms with E-state index in [9.17, 15) is 9.90 Å². The van der Waals surface area contributed by atoms with E-state index in [1.54, 1.807) is 14.2 Å². The fourth-order valence-electron chi connectivity index (χ4n) is 8.48. The summed E-state index contributed by atoms with van der Waals surface area (Å²) in [6.07, 6.45) is 4.12. The van der Waals surface area contributed by atoms with E-state index in [0.717, 1.165) is 37.2 Å². The molecular formula is C24H29N2O5+. The van der Waals surface area contributed by atoms with Gasteiger partial charge in [-0.15, -0.1) is 0 Å². The summed E-state index contributed by atoms with van der Waals surface area (Å²) in [6, 6.07) is 3.88. The van der Waals surface area contributed by atoms with Crippen LogP contribution in [0.3, 0.4) is 0 Å². The van der Waals surface area contributed by atoms with Crippen LogP contribution in [0.2, 0.25) is 0 Å². The van der Waals surface area contributed by atoms with Gasteiger partial charge in [-0.25, -0.2) is 0 Å². The van der Waals surface area contributed by atoms with Crippen LogP contribution in [0.25, 0.3) is 0 Å². The van der Waals surface area contributed by atoms with Crippen molar-refractivity contribution in [3.63, 3.8) is 0 Å². The topological polar surface area (TPSA) is 68.2 Å². The Morgan fingerprint density at radius 1 is 1.26 bits per heavy atom. The number of benzene rings is 1. The number of nitrogens with zero attached hydrogens (tertiary/aromatic N) is 2.